The van der Waals surface area contributed by atoms with E-state index in [1.807, 2.05) is 4.90 Å². The van der Waals surface area contributed by atoms with E-state index >= 15 is 0 Å². The van der Waals surface area contributed by atoms with Crippen LogP contribution < -0.4 is 10.6 Å². The number of nitrogens with zero attached hydrogens (tertiary/aromatic N) is 3. The van der Waals surface area contributed by atoms with Gasteiger partial charge in [-0.2, -0.15) is 0 Å². The molecule has 1 aliphatic carbocycles. The van der Waals surface area contributed by atoms with Gasteiger partial charge in [0, 0.05) is 42.9 Å². The van der Waals surface area contributed by atoms with Crippen molar-refractivity contribution >= 4 is 23.2 Å². The van der Waals surface area contributed by atoms with Gasteiger partial charge < -0.3 is 15.5 Å². The summed E-state index contributed by atoms with van der Waals surface area (Å²) < 4.78 is 0. The summed E-state index contributed by atoms with van der Waals surface area (Å²) in [5.41, 5.74) is 1.22. The molecule has 0 aromatic carbocycles. The Morgan fingerprint density at radius 1 is 1.31 bits per heavy atom. The highest BCUT2D eigenvalue weighted by molar-refractivity contribution is 7.09. The normalized spacial score (nSPS) is 19.5. The number of carbonyl (C=O) groups excluding carboxylic acids is 1. The molecule has 1 aliphatic heterocycles. The van der Waals surface area contributed by atoms with E-state index in [1.165, 1.54) is 0 Å². The van der Waals surface area contributed by atoms with Crippen LogP contribution in [0.3, 0.4) is 0 Å². The van der Waals surface area contributed by atoms with Crippen molar-refractivity contribution in [3.05, 3.63) is 16.1 Å². The number of guanidine groups is 1. The minimum Gasteiger partial charge on any atom is -0.354 e. The molecule has 2 N–H and O–H groups in total. The molecule has 0 unspecified atom stereocenters. The lowest BCUT2D eigenvalue weighted by molar-refractivity contribution is -0.133. The smallest absolute Gasteiger partial charge is 0.225 e. The van der Waals surface area contributed by atoms with Crippen LogP contribution in [0.1, 0.15) is 57.2 Å². The first-order valence-corrected chi connectivity index (χ1v) is 10.5. The maximum Gasteiger partial charge on any atom is 0.225 e. The van der Waals surface area contributed by atoms with Gasteiger partial charge in [-0.3, -0.25) is 9.79 Å². The van der Waals surface area contributed by atoms with E-state index in [0.717, 1.165) is 55.4 Å². The summed E-state index contributed by atoms with van der Waals surface area (Å²) in [5.74, 6) is 1.50. The quantitative estimate of drug-likeness (QED) is 0.625. The number of aromatic nitrogens is 1. The molecule has 1 saturated heterocycles. The first-order valence-electron chi connectivity index (χ1n) is 9.57. The van der Waals surface area contributed by atoms with Crippen LogP contribution in [0.4, 0.5) is 0 Å². The second-order valence-electron chi connectivity index (χ2n) is 8.32. The fourth-order valence-electron chi connectivity index (χ4n) is 3.12. The molecule has 1 amide bonds. The number of aliphatic imine (C=N–C) groups is 1. The van der Waals surface area contributed by atoms with Gasteiger partial charge in [0.1, 0.15) is 5.01 Å². The van der Waals surface area contributed by atoms with Crippen molar-refractivity contribution in [1.29, 1.82) is 0 Å². The molecule has 0 atom stereocenters. The van der Waals surface area contributed by atoms with Crippen molar-refractivity contribution in [2.45, 2.75) is 64.5 Å². The lowest BCUT2D eigenvalue weighted by atomic mass is 9.93. The van der Waals surface area contributed by atoms with Crippen LogP contribution in [-0.4, -0.2) is 47.9 Å². The Morgan fingerprint density at radius 2 is 2.00 bits per heavy atom. The third-order valence-corrected chi connectivity index (χ3v) is 5.87. The van der Waals surface area contributed by atoms with Gasteiger partial charge in [0.25, 0.3) is 0 Å². The monoisotopic (exact) mass is 377 g/mol. The SMILES string of the molecule is CN=C(NCc1nc(C(C)(C)C)cs1)NC1CCN(C(=O)C2CC2)CC1. The average molecular weight is 378 g/mol. The molecule has 0 bridgehead atoms. The molecule has 26 heavy (non-hydrogen) atoms. The van der Waals surface area contributed by atoms with E-state index in [4.69, 9.17) is 4.98 Å². The molecular formula is C19H31N5OS. The summed E-state index contributed by atoms with van der Waals surface area (Å²) in [6, 6.07) is 0.367. The van der Waals surface area contributed by atoms with Gasteiger partial charge in [-0.05, 0) is 25.7 Å². The fourth-order valence-corrected chi connectivity index (χ4v) is 4.08. The van der Waals surface area contributed by atoms with E-state index < -0.39 is 0 Å². The molecule has 1 aromatic heterocycles. The van der Waals surface area contributed by atoms with Crippen molar-refractivity contribution in [2.24, 2.45) is 10.9 Å². The van der Waals surface area contributed by atoms with Crippen LogP contribution in [-0.2, 0) is 16.8 Å². The maximum atomic E-state index is 12.1. The van der Waals surface area contributed by atoms with Crippen molar-refractivity contribution in [2.75, 3.05) is 20.1 Å². The highest BCUT2D eigenvalue weighted by Crippen LogP contribution is 2.31. The van der Waals surface area contributed by atoms with Crippen LogP contribution in [0.25, 0.3) is 0 Å². The lowest BCUT2D eigenvalue weighted by Gasteiger charge is -2.33. The first-order chi connectivity index (χ1) is 12.4. The molecule has 6 nitrogen and oxygen atoms in total. The Balaban J connectivity index is 1.43. The molecule has 1 saturated carbocycles. The first kappa shape index (κ1) is 19.1. The topological polar surface area (TPSA) is 69.6 Å². The average Bonchev–Trinajstić information content (AvgIpc) is 3.35. The number of nitrogens with one attached hydrogen (secondary N) is 2. The molecule has 1 aromatic rings. The highest BCUT2D eigenvalue weighted by atomic mass is 32.1. The largest absolute Gasteiger partial charge is 0.354 e. The van der Waals surface area contributed by atoms with E-state index in [0.29, 0.717) is 24.4 Å². The predicted molar refractivity (Wildman–Crippen MR) is 106 cm³/mol. The third-order valence-electron chi connectivity index (χ3n) is 5.02. The number of hydrogen-bond acceptors (Lipinski definition) is 4. The van der Waals surface area contributed by atoms with Crippen LogP contribution in [0.5, 0.6) is 0 Å². The summed E-state index contributed by atoms with van der Waals surface area (Å²) in [6.07, 6.45) is 4.12. The van der Waals surface area contributed by atoms with Gasteiger partial charge in [0.2, 0.25) is 5.91 Å². The summed E-state index contributed by atoms with van der Waals surface area (Å²) >= 11 is 1.69. The molecule has 144 valence electrons. The number of carbonyl (C=O) groups is 1. The number of thiazole rings is 1. The van der Waals surface area contributed by atoms with Crippen molar-refractivity contribution in [3.63, 3.8) is 0 Å². The van der Waals surface area contributed by atoms with E-state index in [1.54, 1.807) is 18.4 Å². The second-order valence-corrected chi connectivity index (χ2v) is 9.26. The summed E-state index contributed by atoms with van der Waals surface area (Å²) in [6.45, 7) is 8.93. The second kappa shape index (κ2) is 7.94. The number of piperidine rings is 1. The summed E-state index contributed by atoms with van der Waals surface area (Å²) in [7, 11) is 1.80. The summed E-state index contributed by atoms with van der Waals surface area (Å²) in [4.78, 5) is 23.2. The third kappa shape index (κ3) is 4.96. The Morgan fingerprint density at radius 3 is 2.54 bits per heavy atom. The number of rotatable bonds is 4. The van der Waals surface area contributed by atoms with Crippen molar-refractivity contribution in [3.8, 4) is 0 Å². The standard InChI is InChI=1S/C19H31N5OS/c1-19(2,3)15-12-26-16(23-15)11-21-18(20-4)22-14-7-9-24(10-8-14)17(25)13-5-6-13/h12-14H,5-11H2,1-4H3,(H2,20,21,22). The molecular weight excluding hydrogens is 346 g/mol. The van der Waals surface area contributed by atoms with Crippen LogP contribution >= 0.6 is 11.3 Å². The van der Waals surface area contributed by atoms with Gasteiger partial charge in [-0.15, -0.1) is 11.3 Å². The zero-order valence-corrected chi connectivity index (χ0v) is 17.2. The molecule has 0 radical (unpaired) electrons. The zero-order valence-electron chi connectivity index (χ0n) is 16.3. The summed E-state index contributed by atoms with van der Waals surface area (Å²) in [5, 5.41) is 10.1. The number of hydrogen-bond donors (Lipinski definition) is 2. The van der Waals surface area contributed by atoms with E-state index in [-0.39, 0.29) is 5.41 Å². The fraction of sp³-hybridized carbons (Fsp3) is 0.737. The van der Waals surface area contributed by atoms with Crippen molar-refractivity contribution < 1.29 is 4.79 Å². The molecule has 2 aliphatic rings. The molecule has 2 heterocycles. The molecule has 2 fully saturated rings. The number of likely N-dealkylation sites (tertiary alicyclic amines) is 1. The van der Waals surface area contributed by atoms with Gasteiger partial charge in [-0.25, -0.2) is 4.98 Å². The maximum absolute atomic E-state index is 12.1. The van der Waals surface area contributed by atoms with Gasteiger partial charge in [0.05, 0.1) is 12.2 Å². The number of amides is 1. The predicted octanol–water partition coefficient (Wildman–Crippen LogP) is 2.51. The highest BCUT2D eigenvalue weighted by Gasteiger charge is 2.35. The van der Waals surface area contributed by atoms with E-state index in [2.05, 4.69) is 41.8 Å². The van der Waals surface area contributed by atoms with E-state index in [9.17, 15) is 4.79 Å². The van der Waals surface area contributed by atoms with Crippen LogP contribution in [0, 0.1) is 5.92 Å². The lowest BCUT2D eigenvalue weighted by Crippen LogP contribution is -2.49. The molecule has 0 spiro atoms. The minimum atomic E-state index is 0.0839. The van der Waals surface area contributed by atoms with Gasteiger partial charge in [0.15, 0.2) is 5.96 Å². The molecule has 7 heteroatoms. The Bertz CT molecular complexity index is 651. The van der Waals surface area contributed by atoms with Crippen LogP contribution in [0.2, 0.25) is 0 Å². The van der Waals surface area contributed by atoms with Crippen LogP contribution in [0.15, 0.2) is 10.4 Å². The van der Waals surface area contributed by atoms with Crippen molar-refractivity contribution in [1.82, 2.24) is 20.5 Å². The Labute approximate surface area is 160 Å². The molecule has 3 rings (SSSR count). The van der Waals surface area contributed by atoms with Gasteiger partial charge >= 0.3 is 0 Å². The zero-order chi connectivity index (χ0) is 18.7. The van der Waals surface area contributed by atoms with Gasteiger partial charge in [-0.1, -0.05) is 20.8 Å². The Hall–Kier alpha value is -1.63. The minimum absolute atomic E-state index is 0.0839. The Kier molecular flexibility index (Phi) is 5.85.